The monoisotopic (exact) mass is 437 g/mol. The van der Waals surface area contributed by atoms with Crippen LogP contribution >= 0.6 is 23.6 Å². The molecule has 30 heavy (non-hydrogen) atoms. The highest BCUT2D eigenvalue weighted by Gasteiger charge is 2.25. The summed E-state index contributed by atoms with van der Waals surface area (Å²) in [7, 11) is 0. The molecule has 0 fully saturated rings. The fourth-order valence-electron chi connectivity index (χ4n) is 3.11. The third-order valence-electron chi connectivity index (χ3n) is 4.45. The third-order valence-corrected chi connectivity index (χ3v) is 5.83. The summed E-state index contributed by atoms with van der Waals surface area (Å²) < 4.78 is 3.97. The molecule has 1 atom stereocenters. The lowest BCUT2D eigenvalue weighted by Crippen LogP contribution is -2.27. The van der Waals surface area contributed by atoms with Crippen molar-refractivity contribution in [3.8, 4) is 10.7 Å². The van der Waals surface area contributed by atoms with Crippen LogP contribution in [0.2, 0.25) is 0 Å². The van der Waals surface area contributed by atoms with Gasteiger partial charge in [0, 0.05) is 18.9 Å². The first-order chi connectivity index (χ1) is 14.6. The summed E-state index contributed by atoms with van der Waals surface area (Å²) in [6.07, 6.45) is 5.17. The zero-order chi connectivity index (χ0) is 21.1. The van der Waals surface area contributed by atoms with Crippen molar-refractivity contribution in [2.75, 3.05) is 5.32 Å². The van der Waals surface area contributed by atoms with Crippen molar-refractivity contribution in [1.82, 2.24) is 29.5 Å². The molecule has 0 aliphatic carbocycles. The number of hydrogen-bond acceptors (Lipinski definition) is 6. The van der Waals surface area contributed by atoms with E-state index in [0.717, 1.165) is 16.1 Å². The molecule has 152 valence electrons. The van der Waals surface area contributed by atoms with Gasteiger partial charge in [0.15, 0.2) is 21.8 Å². The highest BCUT2D eigenvalue weighted by molar-refractivity contribution is 7.71. The van der Waals surface area contributed by atoms with Crippen LogP contribution in [-0.4, -0.2) is 35.4 Å². The number of aromatic amines is 1. The Labute approximate surface area is 181 Å². The molecule has 1 amide bonds. The first-order valence-electron chi connectivity index (χ1n) is 9.17. The van der Waals surface area contributed by atoms with Gasteiger partial charge in [-0.3, -0.25) is 24.5 Å². The smallest absolute Gasteiger partial charge is 0.255 e. The molecule has 0 saturated carbocycles. The van der Waals surface area contributed by atoms with Crippen LogP contribution in [0.4, 0.5) is 5.13 Å². The Hall–Kier alpha value is -3.37. The van der Waals surface area contributed by atoms with Gasteiger partial charge < -0.3 is 0 Å². The summed E-state index contributed by atoms with van der Waals surface area (Å²) in [6, 6.07) is 10.7. The Morgan fingerprint density at radius 1 is 1.37 bits per heavy atom. The molecule has 8 nitrogen and oxygen atoms in total. The number of anilines is 1. The van der Waals surface area contributed by atoms with Crippen molar-refractivity contribution in [1.29, 1.82) is 0 Å². The number of aromatic nitrogens is 6. The summed E-state index contributed by atoms with van der Waals surface area (Å²) in [6.45, 7) is 6.17. The van der Waals surface area contributed by atoms with Crippen molar-refractivity contribution in [2.24, 2.45) is 0 Å². The molecule has 0 spiro atoms. The number of nitrogens with zero attached hydrogens (tertiary/aromatic N) is 5. The Morgan fingerprint density at radius 2 is 2.17 bits per heavy atom. The van der Waals surface area contributed by atoms with E-state index in [4.69, 9.17) is 12.2 Å². The first kappa shape index (κ1) is 19.9. The minimum atomic E-state index is -0.607. The zero-order valence-corrected chi connectivity index (χ0v) is 17.8. The van der Waals surface area contributed by atoms with Crippen LogP contribution in [0.25, 0.3) is 10.7 Å². The molecule has 0 radical (unpaired) electrons. The van der Waals surface area contributed by atoms with Crippen LogP contribution in [-0.2, 0) is 11.3 Å². The van der Waals surface area contributed by atoms with Gasteiger partial charge >= 0.3 is 0 Å². The Morgan fingerprint density at radius 3 is 2.87 bits per heavy atom. The van der Waals surface area contributed by atoms with Gasteiger partial charge in [-0.2, -0.15) is 10.2 Å². The van der Waals surface area contributed by atoms with Crippen LogP contribution in [0.3, 0.4) is 0 Å². The predicted octanol–water partition coefficient (Wildman–Crippen LogP) is 3.98. The van der Waals surface area contributed by atoms with Crippen LogP contribution in [0.5, 0.6) is 0 Å². The molecule has 1 unspecified atom stereocenters. The maximum Gasteiger partial charge on any atom is 0.255 e. The van der Waals surface area contributed by atoms with Gasteiger partial charge in [-0.15, -0.1) is 6.58 Å². The van der Waals surface area contributed by atoms with Crippen LogP contribution < -0.4 is 5.32 Å². The maximum atomic E-state index is 13.2. The number of hydrogen-bond donors (Lipinski definition) is 2. The third kappa shape index (κ3) is 3.87. The highest BCUT2D eigenvalue weighted by atomic mass is 32.1. The second-order valence-electron chi connectivity index (χ2n) is 6.47. The molecular formula is C20H19N7OS2. The number of amides is 1. The average molecular weight is 438 g/mol. The molecule has 4 rings (SSSR count). The molecular weight excluding hydrogens is 418 g/mol. The van der Waals surface area contributed by atoms with E-state index < -0.39 is 6.04 Å². The van der Waals surface area contributed by atoms with Crippen molar-refractivity contribution < 1.29 is 4.79 Å². The average Bonchev–Trinajstić information content (AvgIpc) is 3.46. The number of aryl methyl sites for hydroxylation is 1. The molecule has 2 N–H and O–H groups in total. The van der Waals surface area contributed by atoms with E-state index in [1.165, 1.54) is 11.3 Å². The topological polar surface area (TPSA) is 93.4 Å². The molecule has 1 aromatic carbocycles. The quantitative estimate of drug-likeness (QED) is 0.337. The zero-order valence-electron chi connectivity index (χ0n) is 16.1. The van der Waals surface area contributed by atoms with Crippen molar-refractivity contribution in [3.63, 3.8) is 0 Å². The number of carbonyl (C=O) groups excluding carboxylic acids is 1. The second kappa shape index (κ2) is 8.56. The van der Waals surface area contributed by atoms with Gasteiger partial charge in [-0.25, -0.2) is 4.98 Å². The summed E-state index contributed by atoms with van der Waals surface area (Å²) in [4.78, 5) is 18.5. The van der Waals surface area contributed by atoms with Gasteiger partial charge in [0.1, 0.15) is 0 Å². The minimum absolute atomic E-state index is 0.227. The summed E-state index contributed by atoms with van der Waals surface area (Å²) in [5.74, 6) is 0.442. The van der Waals surface area contributed by atoms with Gasteiger partial charge in [0.05, 0.1) is 10.6 Å². The number of H-pyrrole nitrogens is 1. The molecule has 0 saturated heterocycles. The van der Waals surface area contributed by atoms with E-state index in [1.54, 1.807) is 29.2 Å². The standard InChI is InChI=1S/C20H19N7OS2/c1-3-11-26-17(24-25-20(26)29)16-13(2)22-19(30-16)23-18(28)15(27-12-7-10-21-27)14-8-5-4-6-9-14/h3-10,12,15H,1,11H2,2H3,(H,25,29)(H,22,23,28). The van der Waals surface area contributed by atoms with E-state index in [-0.39, 0.29) is 5.91 Å². The number of nitrogens with one attached hydrogen (secondary N) is 2. The van der Waals surface area contributed by atoms with Gasteiger partial charge in [0.25, 0.3) is 5.91 Å². The first-order valence-corrected chi connectivity index (χ1v) is 10.4. The van der Waals surface area contributed by atoms with Gasteiger partial charge in [-0.05, 0) is 30.8 Å². The lowest BCUT2D eigenvalue weighted by atomic mass is 10.1. The van der Waals surface area contributed by atoms with Crippen molar-refractivity contribution >= 4 is 34.6 Å². The lowest BCUT2D eigenvalue weighted by Gasteiger charge is -2.16. The molecule has 0 bridgehead atoms. The van der Waals surface area contributed by atoms with E-state index >= 15 is 0 Å². The number of benzene rings is 1. The molecule has 0 aliphatic rings. The fourth-order valence-corrected chi connectivity index (χ4v) is 4.29. The highest BCUT2D eigenvalue weighted by Crippen LogP contribution is 2.32. The Kier molecular flexibility index (Phi) is 5.68. The van der Waals surface area contributed by atoms with Crippen molar-refractivity contribution in [2.45, 2.75) is 19.5 Å². The van der Waals surface area contributed by atoms with Gasteiger partial charge in [0.2, 0.25) is 0 Å². The van der Waals surface area contributed by atoms with E-state index in [2.05, 4.69) is 32.2 Å². The summed E-state index contributed by atoms with van der Waals surface area (Å²) >= 11 is 6.64. The molecule has 0 aliphatic heterocycles. The molecule has 3 heterocycles. The number of carbonyl (C=O) groups is 1. The minimum Gasteiger partial charge on any atom is -0.300 e. The maximum absolute atomic E-state index is 13.2. The summed E-state index contributed by atoms with van der Waals surface area (Å²) in [5, 5.41) is 14.8. The number of rotatable bonds is 7. The molecule has 4 aromatic rings. The van der Waals surface area contributed by atoms with Crippen LogP contribution in [0.1, 0.15) is 17.3 Å². The molecule has 10 heteroatoms. The normalized spacial score (nSPS) is 11.9. The Bertz CT molecular complexity index is 1220. The fraction of sp³-hybridized carbons (Fsp3) is 0.150. The van der Waals surface area contributed by atoms with Crippen LogP contribution in [0, 0.1) is 11.7 Å². The van der Waals surface area contributed by atoms with E-state index in [0.29, 0.717) is 22.3 Å². The summed E-state index contributed by atoms with van der Waals surface area (Å²) in [5.41, 5.74) is 1.59. The van der Waals surface area contributed by atoms with E-state index in [1.807, 2.05) is 41.8 Å². The molecule has 3 aromatic heterocycles. The van der Waals surface area contributed by atoms with Crippen molar-refractivity contribution in [3.05, 3.63) is 77.5 Å². The van der Waals surface area contributed by atoms with Gasteiger partial charge in [-0.1, -0.05) is 47.7 Å². The largest absolute Gasteiger partial charge is 0.300 e. The Balaban J connectivity index is 1.65. The van der Waals surface area contributed by atoms with E-state index in [9.17, 15) is 4.79 Å². The SMILES string of the molecule is C=CCn1c(-c2sc(NC(=O)C(c3ccccc3)n3cccn3)nc2C)n[nH]c1=S. The number of allylic oxidation sites excluding steroid dienone is 1. The second-order valence-corrected chi connectivity index (χ2v) is 7.86. The predicted molar refractivity (Wildman–Crippen MR) is 119 cm³/mol. The lowest BCUT2D eigenvalue weighted by molar-refractivity contribution is -0.118. The van der Waals surface area contributed by atoms with Crippen LogP contribution in [0.15, 0.2) is 61.4 Å². The number of thiazole rings is 1.